The zero-order valence-corrected chi connectivity index (χ0v) is 15.5. The van der Waals surface area contributed by atoms with Crippen LogP contribution in [0.25, 0.3) is 10.4 Å². The highest BCUT2D eigenvalue weighted by Gasteiger charge is 2.15. The summed E-state index contributed by atoms with van der Waals surface area (Å²) in [6.07, 6.45) is 0. The van der Waals surface area contributed by atoms with Gasteiger partial charge in [-0.15, -0.1) is 11.3 Å². The zero-order chi connectivity index (χ0) is 17.6. The Morgan fingerprint density at radius 1 is 1.12 bits per heavy atom. The van der Waals surface area contributed by atoms with Gasteiger partial charge >= 0.3 is 0 Å². The molecule has 0 unspecified atom stereocenters. The number of carbonyl (C=O) groups excluding carboxylic acids is 1. The molecule has 0 saturated heterocycles. The molecule has 6 heteroatoms. The zero-order valence-electron chi connectivity index (χ0n) is 14.7. The highest BCUT2D eigenvalue weighted by atomic mass is 32.1. The number of nitrogens with zero attached hydrogens (tertiary/aromatic N) is 1. The summed E-state index contributed by atoms with van der Waals surface area (Å²) in [4.78, 5) is 16.4. The van der Waals surface area contributed by atoms with Crippen molar-refractivity contribution >= 4 is 17.2 Å². The topological polar surface area (TPSA) is 50.8 Å². The number of fused-ring (bicyclic) bond motifs is 1. The summed E-state index contributed by atoms with van der Waals surface area (Å²) in [7, 11) is 0. The first-order valence-electron chi connectivity index (χ1n) is 8.71. The number of benzene rings is 1. The van der Waals surface area contributed by atoms with E-state index in [4.69, 9.17) is 9.47 Å². The minimum atomic E-state index is -0.0130. The SMILES string of the molecule is CCN(CC)CCNC(=O)c1ccc(-c2ccc3c(c2)OCCO3)s1. The molecule has 0 fully saturated rings. The predicted molar refractivity (Wildman–Crippen MR) is 101 cm³/mol. The first-order valence-corrected chi connectivity index (χ1v) is 9.53. The van der Waals surface area contributed by atoms with Crippen LogP contribution in [-0.4, -0.2) is 50.2 Å². The highest BCUT2D eigenvalue weighted by molar-refractivity contribution is 7.17. The summed E-state index contributed by atoms with van der Waals surface area (Å²) in [5.41, 5.74) is 1.04. The average molecular weight is 360 g/mol. The second-order valence-corrected chi connectivity index (χ2v) is 6.89. The molecule has 0 radical (unpaired) electrons. The van der Waals surface area contributed by atoms with Crippen molar-refractivity contribution in [2.24, 2.45) is 0 Å². The average Bonchev–Trinajstić information content (AvgIpc) is 3.15. The van der Waals surface area contributed by atoms with E-state index >= 15 is 0 Å². The summed E-state index contributed by atoms with van der Waals surface area (Å²) in [6, 6.07) is 9.76. The molecule has 0 saturated carbocycles. The van der Waals surface area contributed by atoms with Gasteiger partial charge < -0.3 is 19.7 Å². The molecule has 3 rings (SSSR count). The third-order valence-corrected chi connectivity index (χ3v) is 5.40. The van der Waals surface area contributed by atoms with Crippen LogP contribution in [0.1, 0.15) is 23.5 Å². The molecular weight excluding hydrogens is 336 g/mol. The molecule has 0 spiro atoms. The number of ether oxygens (including phenoxy) is 2. The Morgan fingerprint density at radius 3 is 2.64 bits per heavy atom. The fourth-order valence-electron chi connectivity index (χ4n) is 2.77. The Balaban J connectivity index is 1.63. The molecule has 134 valence electrons. The van der Waals surface area contributed by atoms with Gasteiger partial charge in [0.2, 0.25) is 0 Å². The third kappa shape index (κ3) is 4.32. The minimum absolute atomic E-state index is 0.0130. The molecule has 2 aromatic rings. The van der Waals surface area contributed by atoms with Gasteiger partial charge in [-0.05, 0) is 49.0 Å². The lowest BCUT2D eigenvalue weighted by Gasteiger charge is -2.18. The van der Waals surface area contributed by atoms with Crippen LogP contribution in [0.5, 0.6) is 11.5 Å². The Morgan fingerprint density at radius 2 is 1.88 bits per heavy atom. The maximum absolute atomic E-state index is 12.3. The van der Waals surface area contributed by atoms with Crippen molar-refractivity contribution in [1.29, 1.82) is 0 Å². The summed E-state index contributed by atoms with van der Waals surface area (Å²) < 4.78 is 11.2. The van der Waals surface area contributed by atoms with Gasteiger partial charge in [0, 0.05) is 18.0 Å². The van der Waals surface area contributed by atoms with Gasteiger partial charge in [-0.2, -0.15) is 0 Å². The van der Waals surface area contributed by atoms with Crippen molar-refractivity contribution in [2.45, 2.75) is 13.8 Å². The van der Waals surface area contributed by atoms with E-state index in [2.05, 4.69) is 24.1 Å². The van der Waals surface area contributed by atoms with Crippen molar-refractivity contribution in [3.05, 3.63) is 35.2 Å². The number of nitrogens with one attached hydrogen (secondary N) is 1. The molecule has 1 aromatic heterocycles. The summed E-state index contributed by atoms with van der Waals surface area (Å²) in [5.74, 6) is 1.53. The van der Waals surface area contributed by atoms with Crippen molar-refractivity contribution in [3.63, 3.8) is 0 Å². The van der Waals surface area contributed by atoms with Crippen LogP contribution in [0.3, 0.4) is 0 Å². The molecule has 25 heavy (non-hydrogen) atoms. The molecule has 1 aliphatic heterocycles. The fourth-order valence-corrected chi connectivity index (χ4v) is 3.68. The molecule has 1 N–H and O–H groups in total. The lowest BCUT2D eigenvalue weighted by Crippen LogP contribution is -2.34. The number of amides is 1. The lowest BCUT2D eigenvalue weighted by atomic mass is 10.1. The number of thiophene rings is 1. The molecule has 1 aromatic carbocycles. The maximum Gasteiger partial charge on any atom is 0.261 e. The van der Waals surface area contributed by atoms with E-state index in [1.54, 1.807) is 0 Å². The van der Waals surface area contributed by atoms with Crippen molar-refractivity contribution in [2.75, 3.05) is 39.4 Å². The van der Waals surface area contributed by atoms with Gasteiger partial charge in [-0.25, -0.2) is 0 Å². The summed E-state index contributed by atoms with van der Waals surface area (Å²) >= 11 is 1.49. The van der Waals surface area contributed by atoms with Crippen molar-refractivity contribution in [3.8, 4) is 21.9 Å². The van der Waals surface area contributed by atoms with Crippen LogP contribution in [-0.2, 0) is 0 Å². The highest BCUT2D eigenvalue weighted by Crippen LogP contribution is 2.36. The first-order chi connectivity index (χ1) is 12.2. The summed E-state index contributed by atoms with van der Waals surface area (Å²) in [6.45, 7) is 8.95. The van der Waals surface area contributed by atoms with Gasteiger partial charge in [0.05, 0.1) is 4.88 Å². The van der Waals surface area contributed by atoms with Crippen molar-refractivity contribution in [1.82, 2.24) is 10.2 Å². The molecule has 1 aliphatic rings. The number of likely N-dealkylation sites (N-methyl/N-ethyl adjacent to an activating group) is 1. The molecule has 2 heterocycles. The van der Waals surface area contributed by atoms with E-state index in [1.165, 1.54) is 11.3 Å². The molecular formula is C19H24N2O3S. The summed E-state index contributed by atoms with van der Waals surface area (Å²) in [5, 5.41) is 3.00. The standard InChI is InChI=1S/C19H24N2O3S/c1-3-21(4-2)10-9-20-19(22)18-8-7-17(25-18)14-5-6-15-16(13-14)24-12-11-23-15/h5-8,13H,3-4,9-12H2,1-2H3,(H,20,22). The van der Waals surface area contributed by atoms with Gasteiger partial charge in [-0.3, -0.25) is 4.79 Å². The van der Waals surface area contributed by atoms with E-state index in [0.717, 1.165) is 46.5 Å². The predicted octanol–water partition coefficient (Wildman–Crippen LogP) is 3.26. The lowest BCUT2D eigenvalue weighted by molar-refractivity contribution is 0.0953. The van der Waals surface area contributed by atoms with Gasteiger partial charge in [0.1, 0.15) is 13.2 Å². The van der Waals surface area contributed by atoms with Crippen LogP contribution in [0, 0.1) is 0 Å². The number of carbonyl (C=O) groups is 1. The fraction of sp³-hybridized carbons (Fsp3) is 0.421. The minimum Gasteiger partial charge on any atom is -0.486 e. The van der Waals surface area contributed by atoms with E-state index in [0.29, 0.717) is 19.8 Å². The van der Waals surface area contributed by atoms with Crippen molar-refractivity contribution < 1.29 is 14.3 Å². The van der Waals surface area contributed by atoms with Crippen LogP contribution in [0.2, 0.25) is 0 Å². The smallest absolute Gasteiger partial charge is 0.261 e. The van der Waals surface area contributed by atoms with E-state index in [1.807, 2.05) is 30.3 Å². The third-order valence-electron chi connectivity index (χ3n) is 4.26. The molecule has 0 bridgehead atoms. The quantitative estimate of drug-likeness (QED) is 0.823. The first kappa shape index (κ1) is 17.8. The van der Waals surface area contributed by atoms with Crippen LogP contribution < -0.4 is 14.8 Å². The van der Waals surface area contributed by atoms with Crippen LogP contribution in [0.4, 0.5) is 0 Å². The van der Waals surface area contributed by atoms with Gasteiger partial charge in [0.15, 0.2) is 11.5 Å². The Bertz CT molecular complexity index is 725. The van der Waals surface area contributed by atoms with Gasteiger partial charge in [0.25, 0.3) is 5.91 Å². The Hall–Kier alpha value is -2.05. The van der Waals surface area contributed by atoms with Crippen LogP contribution in [0.15, 0.2) is 30.3 Å². The van der Waals surface area contributed by atoms with Crippen LogP contribution >= 0.6 is 11.3 Å². The molecule has 0 aliphatic carbocycles. The number of rotatable bonds is 7. The second-order valence-electron chi connectivity index (χ2n) is 5.81. The normalized spacial score (nSPS) is 13.1. The molecule has 1 amide bonds. The Kier molecular flexibility index (Phi) is 5.94. The maximum atomic E-state index is 12.3. The largest absolute Gasteiger partial charge is 0.486 e. The number of hydrogen-bond acceptors (Lipinski definition) is 5. The van der Waals surface area contributed by atoms with E-state index in [-0.39, 0.29) is 5.91 Å². The molecule has 0 atom stereocenters. The van der Waals surface area contributed by atoms with Gasteiger partial charge in [-0.1, -0.05) is 13.8 Å². The Labute approximate surface area is 152 Å². The van der Waals surface area contributed by atoms with E-state index < -0.39 is 0 Å². The second kappa shape index (κ2) is 8.36. The number of hydrogen-bond donors (Lipinski definition) is 1. The molecule has 5 nitrogen and oxygen atoms in total. The monoisotopic (exact) mass is 360 g/mol. The van der Waals surface area contributed by atoms with E-state index in [9.17, 15) is 4.79 Å².